The van der Waals surface area contributed by atoms with Crippen LogP contribution < -0.4 is 11.1 Å². The van der Waals surface area contributed by atoms with Crippen molar-refractivity contribution < 1.29 is 14.7 Å². The van der Waals surface area contributed by atoms with E-state index in [1.807, 2.05) is 0 Å². The van der Waals surface area contributed by atoms with E-state index < -0.39 is 12.0 Å². The van der Waals surface area contributed by atoms with Crippen molar-refractivity contribution in [2.75, 3.05) is 0 Å². The standard InChI is InChI=1S/C13H24N2O3/c1-8(2)11(13(17)18)15-12(16)9-6-4-3-5-7-10(9)14/h8-11H,3-7,14H2,1-2H3,(H,15,16)(H,17,18)/t9?,10?,11-/m0/s1. The number of carbonyl (C=O) groups excluding carboxylic acids is 1. The first-order valence-corrected chi connectivity index (χ1v) is 6.72. The largest absolute Gasteiger partial charge is 0.480 e. The van der Waals surface area contributed by atoms with Crippen LogP contribution in [-0.2, 0) is 9.59 Å². The molecule has 5 heteroatoms. The van der Waals surface area contributed by atoms with Crippen LogP contribution in [0.4, 0.5) is 0 Å². The van der Waals surface area contributed by atoms with Crippen LogP contribution in [0.2, 0.25) is 0 Å². The summed E-state index contributed by atoms with van der Waals surface area (Å²) < 4.78 is 0. The Morgan fingerprint density at radius 2 is 1.83 bits per heavy atom. The Hall–Kier alpha value is -1.10. The third kappa shape index (κ3) is 3.98. The van der Waals surface area contributed by atoms with E-state index in [4.69, 9.17) is 10.8 Å². The van der Waals surface area contributed by atoms with Crippen molar-refractivity contribution in [3.8, 4) is 0 Å². The average molecular weight is 256 g/mol. The number of nitrogens with one attached hydrogen (secondary N) is 1. The van der Waals surface area contributed by atoms with Crippen LogP contribution in [0, 0.1) is 11.8 Å². The maximum absolute atomic E-state index is 12.1. The molecule has 1 amide bonds. The lowest BCUT2D eigenvalue weighted by Gasteiger charge is -2.24. The molecule has 2 unspecified atom stereocenters. The van der Waals surface area contributed by atoms with Crippen LogP contribution >= 0.6 is 0 Å². The summed E-state index contributed by atoms with van der Waals surface area (Å²) in [5, 5.41) is 11.7. The smallest absolute Gasteiger partial charge is 0.326 e. The van der Waals surface area contributed by atoms with Crippen LogP contribution in [0.5, 0.6) is 0 Å². The number of hydrogen-bond donors (Lipinski definition) is 3. The second-order valence-corrected chi connectivity index (χ2v) is 5.48. The van der Waals surface area contributed by atoms with Crippen molar-refractivity contribution in [1.29, 1.82) is 0 Å². The van der Waals surface area contributed by atoms with Gasteiger partial charge in [-0.1, -0.05) is 33.1 Å². The van der Waals surface area contributed by atoms with Crippen LogP contribution in [0.3, 0.4) is 0 Å². The van der Waals surface area contributed by atoms with E-state index in [0.29, 0.717) is 0 Å². The highest BCUT2D eigenvalue weighted by atomic mass is 16.4. The van der Waals surface area contributed by atoms with Gasteiger partial charge >= 0.3 is 5.97 Å². The Labute approximate surface area is 108 Å². The van der Waals surface area contributed by atoms with E-state index in [2.05, 4.69) is 5.32 Å². The van der Waals surface area contributed by atoms with Gasteiger partial charge in [-0.05, 0) is 18.8 Å². The highest BCUT2D eigenvalue weighted by molar-refractivity contribution is 5.85. The Bertz CT molecular complexity index is 305. The second-order valence-electron chi connectivity index (χ2n) is 5.48. The van der Waals surface area contributed by atoms with Gasteiger partial charge in [0.1, 0.15) is 6.04 Å². The monoisotopic (exact) mass is 256 g/mol. The molecule has 0 aromatic heterocycles. The van der Waals surface area contributed by atoms with Gasteiger partial charge in [0.2, 0.25) is 5.91 Å². The molecule has 0 spiro atoms. The van der Waals surface area contributed by atoms with Gasteiger partial charge < -0.3 is 16.2 Å². The SMILES string of the molecule is CC(C)[C@H](NC(=O)C1CCCCCC1N)C(=O)O. The molecule has 0 aliphatic heterocycles. The van der Waals surface area contributed by atoms with Gasteiger partial charge in [-0.2, -0.15) is 0 Å². The molecule has 0 saturated heterocycles. The van der Waals surface area contributed by atoms with E-state index >= 15 is 0 Å². The molecule has 0 bridgehead atoms. The summed E-state index contributed by atoms with van der Waals surface area (Å²) in [7, 11) is 0. The lowest BCUT2D eigenvalue weighted by atomic mass is 9.93. The first-order chi connectivity index (χ1) is 8.43. The number of nitrogens with two attached hydrogens (primary N) is 1. The number of carboxylic acids is 1. The minimum absolute atomic E-state index is 0.131. The number of rotatable bonds is 4. The molecule has 1 saturated carbocycles. The molecule has 3 atom stereocenters. The molecule has 0 radical (unpaired) electrons. The van der Waals surface area contributed by atoms with Crippen molar-refractivity contribution in [3.05, 3.63) is 0 Å². The normalized spacial score (nSPS) is 26.4. The summed E-state index contributed by atoms with van der Waals surface area (Å²) in [6.07, 6.45) is 4.75. The molecule has 1 aliphatic carbocycles. The number of carbonyl (C=O) groups is 2. The fourth-order valence-electron chi connectivity index (χ4n) is 2.44. The average Bonchev–Trinajstić information content (AvgIpc) is 2.49. The predicted octanol–water partition coefficient (Wildman–Crippen LogP) is 1.12. The van der Waals surface area contributed by atoms with Gasteiger partial charge in [-0.3, -0.25) is 4.79 Å². The van der Waals surface area contributed by atoms with Crippen molar-refractivity contribution >= 4 is 11.9 Å². The molecule has 18 heavy (non-hydrogen) atoms. The van der Waals surface area contributed by atoms with Gasteiger partial charge in [0.15, 0.2) is 0 Å². The fourth-order valence-corrected chi connectivity index (χ4v) is 2.44. The molecule has 5 nitrogen and oxygen atoms in total. The van der Waals surface area contributed by atoms with Crippen molar-refractivity contribution in [1.82, 2.24) is 5.32 Å². The molecule has 4 N–H and O–H groups in total. The fraction of sp³-hybridized carbons (Fsp3) is 0.846. The second kappa shape index (κ2) is 6.73. The van der Waals surface area contributed by atoms with Crippen LogP contribution in [0.1, 0.15) is 46.0 Å². The molecule has 1 fully saturated rings. The third-order valence-corrected chi connectivity index (χ3v) is 3.64. The van der Waals surface area contributed by atoms with Crippen molar-refractivity contribution in [3.63, 3.8) is 0 Å². The zero-order valence-corrected chi connectivity index (χ0v) is 11.2. The number of carboxylic acid groups (broad SMARTS) is 1. The van der Waals surface area contributed by atoms with Crippen LogP contribution in [-0.4, -0.2) is 29.1 Å². The maximum Gasteiger partial charge on any atom is 0.326 e. The Kier molecular flexibility index (Phi) is 5.59. The zero-order chi connectivity index (χ0) is 13.7. The molecule has 0 heterocycles. The van der Waals surface area contributed by atoms with Gasteiger partial charge in [0.25, 0.3) is 0 Å². The summed E-state index contributed by atoms with van der Waals surface area (Å²) in [6, 6.07) is -0.970. The van der Waals surface area contributed by atoms with Gasteiger partial charge in [0.05, 0.1) is 5.92 Å². The maximum atomic E-state index is 12.1. The Balaban J connectivity index is 2.64. The zero-order valence-electron chi connectivity index (χ0n) is 11.2. The van der Waals surface area contributed by atoms with Crippen molar-refractivity contribution in [2.24, 2.45) is 17.6 Å². The molecule has 104 valence electrons. The lowest BCUT2D eigenvalue weighted by Crippen LogP contribution is -2.50. The number of aliphatic carboxylic acids is 1. The summed E-state index contributed by atoms with van der Waals surface area (Å²) in [5.41, 5.74) is 6.00. The van der Waals surface area contributed by atoms with E-state index in [-0.39, 0.29) is 23.8 Å². The van der Waals surface area contributed by atoms with Gasteiger partial charge in [-0.15, -0.1) is 0 Å². The van der Waals surface area contributed by atoms with Crippen LogP contribution in [0.15, 0.2) is 0 Å². The molecule has 1 aliphatic rings. The molecular weight excluding hydrogens is 232 g/mol. The summed E-state index contributed by atoms with van der Waals surface area (Å²) in [4.78, 5) is 23.2. The number of amides is 1. The molecule has 0 aromatic carbocycles. The van der Waals surface area contributed by atoms with E-state index in [9.17, 15) is 9.59 Å². The van der Waals surface area contributed by atoms with Gasteiger partial charge in [0, 0.05) is 6.04 Å². The summed E-state index contributed by atoms with van der Waals surface area (Å²) in [5.74, 6) is -1.56. The topological polar surface area (TPSA) is 92.4 Å². The first-order valence-electron chi connectivity index (χ1n) is 6.72. The first kappa shape index (κ1) is 15.0. The van der Waals surface area contributed by atoms with E-state index in [1.165, 1.54) is 0 Å². The minimum atomic E-state index is -0.986. The van der Waals surface area contributed by atoms with E-state index in [0.717, 1.165) is 32.1 Å². The predicted molar refractivity (Wildman–Crippen MR) is 69.0 cm³/mol. The quantitative estimate of drug-likeness (QED) is 0.657. The Morgan fingerprint density at radius 3 is 2.39 bits per heavy atom. The minimum Gasteiger partial charge on any atom is -0.480 e. The Morgan fingerprint density at radius 1 is 1.22 bits per heavy atom. The van der Waals surface area contributed by atoms with Crippen molar-refractivity contribution in [2.45, 2.75) is 58.0 Å². The highest BCUT2D eigenvalue weighted by Gasteiger charge is 2.31. The van der Waals surface area contributed by atoms with E-state index in [1.54, 1.807) is 13.8 Å². The molecule has 0 aromatic rings. The third-order valence-electron chi connectivity index (χ3n) is 3.64. The van der Waals surface area contributed by atoms with Gasteiger partial charge in [-0.25, -0.2) is 4.79 Å². The highest BCUT2D eigenvalue weighted by Crippen LogP contribution is 2.22. The summed E-state index contributed by atoms with van der Waals surface area (Å²) >= 11 is 0. The summed E-state index contributed by atoms with van der Waals surface area (Å²) in [6.45, 7) is 3.57. The lowest BCUT2D eigenvalue weighted by molar-refractivity contribution is -0.144. The molecular formula is C13H24N2O3. The number of hydrogen-bond acceptors (Lipinski definition) is 3. The molecule has 1 rings (SSSR count). The van der Waals surface area contributed by atoms with Crippen LogP contribution in [0.25, 0.3) is 0 Å².